The van der Waals surface area contributed by atoms with Crippen LogP contribution in [0.3, 0.4) is 0 Å². The van der Waals surface area contributed by atoms with Gasteiger partial charge < -0.3 is 9.52 Å². The summed E-state index contributed by atoms with van der Waals surface area (Å²) in [6, 6.07) is 3.46. The van der Waals surface area contributed by atoms with E-state index in [1.165, 1.54) is 0 Å². The predicted molar refractivity (Wildman–Crippen MR) is 60.8 cm³/mol. The largest absolute Gasteiger partial charge is 0.451 e. The van der Waals surface area contributed by atoms with Crippen LogP contribution in [0.2, 0.25) is 0 Å². The maximum Gasteiger partial charge on any atom is 0.169 e. The summed E-state index contributed by atoms with van der Waals surface area (Å²) in [6.45, 7) is 2.77. The summed E-state index contributed by atoms with van der Waals surface area (Å²) < 4.78 is 7.58. The fourth-order valence-electron chi connectivity index (χ4n) is 1.48. The standard InChI is InChI=1S/C10H12BrN3O2/c1-2-5-14-7(6-12-13-14)10(15)8-3-4-9(11)16-8/h3-4,6,10,15H,2,5H2,1H3. The van der Waals surface area contributed by atoms with E-state index in [4.69, 9.17) is 4.42 Å². The topological polar surface area (TPSA) is 64.1 Å². The van der Waals surface area contributed by atoms with Crippen LogP contribution in [0.15, 0.2) is 27.4 Å². The van der Waals surface area contributed by atoms with E-state index in [1.54, 1.807) is 23.0 Å². The number of nitrogens with zero attached hydrogens (tertiary/aromatic N) is 3. The second-order valence-electron chi connectivity index (χ2n) is 3.43. The molecule has 16 heavy (non-hydrogen) atoms. The van der Waals surface area contributed by atoms with Gasteiger partial charge in [-0.2, -0.15) is 0 Å². The highest BCUT2D eigenvalue weighted by Crippen LogP contribution is 2.25. The molecule has 6 heteroatoms. The molecule has 2 aromatic heterocycles. The van der Waals surface area contributed by atoms with Crippen LogP contribution >= 0.6 is 15.9 Å². The van der Waals surface area contributed by atoms with E-state index in [2.05, 4.69) is 26.2 Å². The van der Waals surface area contributed by atoms with Crippen LogP contribution in [-0.2, 0) is 6.54 Å². The molecule has 0 radical (unpaired) electrons. The summed E-state index contributed by atoms with van der Waals surface area (Å²) >= 11 is 3.20. The maximum atomic E-state index is 10.1. The average Bonchev–Trinajstić information content (AvgIpc) is 2.87. The first-order chi connectivity index (χ1) is 7.72. The van der Waals surface area contributed by atoms with Crippen molar-refractivity contribution in [1.82, 2.24) is 15.0 Å². The molecule has 0 spiro atoms. The summed E-state index contributed by atoms with van der Waals surface area (Å²) in [4.78, 5) is 0. The van der Waals surface area contributed by atoms with Gasteiger partial charge in [-0.1, -0.05) is 12.1 Å². The van der Waals surface area contributed by atoms with Gasteiger partial charge in [-0.3, -0.25) is 0 Å². The minimum atomic E-state index is -0.826. The Kier molecular flexibility index (Phi) is 3.40. The van der Waals surface area contributed by atoms with Crippen molar-refractivity contribution in [3.63, 3.8) is 0 Å². The van der Waals surface area contributed by atoms with Gasteiger partial charge in [0.1, 0.15) is 5.76 Å². The highest BCUT2D eigenvalue weighted by atomic mass is 79.9. The number of hydrogen-bond donors (Lipinski definition) is 1. The van der Waals surface area contributed by atoms with Crippen LogP contribution in [0, 0.1) is 0 Å². The predicted octanol–water partition coefficient (Wildman–Crippen LogP) is 2.13. The number of rotatable bonds is 4. The van der Waals surface area contributed by atoms with Gasteiger partial charge in [0.15, 0.2) is 10.8 Å². The van der Waals surface area contributed by atoms with E-state index in [0.29, 0.717) is 16.1 Å². The molecule has 2 rings (SSSR count). The molecule has 1 atom stereocenters. The molecule has 0 aliphatic carbocycles. The minimum absolute atomic E-state index is 0.478. The first kappa shape index (κ1) is 11.3. The minimum Gasteiger partial charge on any atom is -0.451 e. The van der Waals surface area contributed by atoms with E-state index in [9.17, 15) is 5.11 Å². The van der Waals surface area contributed by atoms with Gasteiger partial charge in [0.25, 0.3) is 0 Å². The summed E-state index contributed by atoms with van der Waals surface area (Å²) in [5.41, 5.74) is 0.642. The lowest BCUT2D eigenvalue weighted by Gasteiger charge is -2.09. The Morgan fingerprint density at radius 3 is 3.00 bits per heavy atom. The molecule has 0 amide bonds. The molecule has 2 heterocycles. The van der Waals surface area contributed by atoms with Crippen molar-refractivity contribution in [1.29, 1.82) is 0 Å². The summed E-state index contributed by atoms with van der Waals surface area (Å²) in [7, 11) is 0. The van der Waals surface area contributed by atoms with Crippen LogP contribution in [0.25, 0.3) is 0 Å². The molecule has 5 nitrogen and oxygen atoms in total. The Bertz CT molecular complexity index is 466. The molecule has 0 saturated carbocycles. The highest BCUT2D eigenvalue weighted by molar-refractivity contribution is 9.10. The van der Waals surface area contributed by atoms with Crippen molar-refractivity contribution >= 4 is 15.9 Å². The highest BCUT2D eigenvalue weighted by Gasteiger charge is 2.19. The molecule has 0 bridgehead atoms. The molecule has 0 saturated heterocycles. The molecule has 1 N–H and O–H groups in total. The Morgan fingerprint density at radius 2 is 2.38 bits per heavy atom. The fraction of sp³-hybridized carbons (Fsp3) is 0.400. The van der Waals surface area contributed by atoms with Crippen molar-refractivity contribution in [2.45, 2.75) is 26.0 Å². The number of furan rings is 1. The molecular formula is C10H12BrN3O2. The Labute approximate surface area is 101 Å². The zero-order valence-corrected chi connectivity index (χ0v) is 10.4. The van der Waals surface area contributed by atoms with E-state index in [0.717, 1.165) is 13.0 Å². The van der Waals surface area contributed by atoms with Gasteiger partial charge in [-0.15, -0.1) is 5.10 Å². The SMILES string of the molecule is CCCn1nncc1C(O)c1ccc(Br)o1. The normalized spacial score (nSPS) is 12.9. The molecule has 2 aromatic rings. The number of aliphatic hydroxyl groups is 1. The maximum absolute atomic E-state index is 10.1. The first-order valence-corrected chi connectivity index (χ1v) is 5.83. The van der Waals surface area contributed by atoms with E-state index >= 15 is 0 Å². The lowest BCUT2D eigenvalue weighted by Crippen LogP contribution is -2.09. The van der Waals surface area contributed by atoms with Gasteiger partial charge in [0.05, 0.1) is 11.9 Å². The second-order valence-corrected chi connectivity index (χ2v) is 4.21. The summed E-state index contributed by atoms with van der Waals surface area (Å²) in [5, 5.41) is 17.8. The van der Waals surface area contributed by atoms with E-state index in [-0.39, 0.29) is 0 Å². The van der Waals surface area contributed by atoms with Gasteiger partial charge in [-0.05, 0) is 34.5 Å². The van der Waals surface area contributed by atoms with Crippen molar-refractivity contribution in [2.75, 3.05) is 0 Å². The molecule has 0 aromatic carbocycles. The first-order valence-electron chi connectivity index (χ1n) is 5.04. The summed E-state index contributed by atoms with van der Waals surface area (Å²) in [5.74, 6) is 0.478. The van der Waals surface area contributed by atoms with Gasteiger partial charge >= 0.3 is 0 Å². The van der Waals surface area contributed by atoms with Crippen LogP contribution in [0.5, 0.6) is 0 Å². The number of aliphatic hydroxyl groups excluding tert-OH is 1. The van der Waals surface area contributed by atoms with Crippen LogP contribution < -0.4 is 0 Å². The quantitative estimate of drug-likeness (QED) is 0.935. The van der Waals surface area contributed by atoms with Crippen molar-refractivity contribution < 1.29 is 9.52 Å². The van der Waals surface area contributed by atoms with E-state index < -0.39 is 6.10 Å². The van der Waals surface area contributed by atoms with Gasteiger partial charge in [0.2, 0.25) is 0 Å². The van der Waals surface area contributed by atoms with Crippen LogP contribution in [0.4, 0.5) is 0 Å². The third-order valence-corrected chi connectivity index (χ3v) is 2.65. The molecule has 0 fully saturated rings. The molecule has 0 aliphatic rings. The Hall–Kier alpha value is -1.14. The third-order valence-electron chi connectivity index (χ3n) is 2.23. The number of aryl methyl sites for hydroxylation is 1. The Morgan fingerprint density at radius 1 is 1.56 bits per heavy atom. The van der Waals surface area contributed by atoms with Crippen molar-refractivity contribution in [3.05, 3.63) is 34.5 Å². The van der Waals surface area contributed by atoms with Crippen molar-refractivity contribution in [3.8, 4) is 0 Å². The summed E-state index contributed by atoms with van der Waals surface area (Å²) in [6.07, 6.45) is 1.66. The zero-order valence-electron chi connectivity index (χ0n) is 8.80. The smallest absolute Gasteiger partial charge is 0.169 e. The molecule has 0 aliphatic heterocycles. The fourth-order valence-corrected chi connectivity index (χ4v) is 1.80. The van der Waals surface area contributed by atoms with Crippen molar-refractivity contribution in [2.24, 2.45) is 0 Å². The average molecular weight is 286 g/mol. The lowest BCUT2D eigenvalue weighted by atomic mass is 10.2. The molecule has 1 unspecified atom stereocenters. The van der Waals surface area contributed by atoms with Gasteiger partial charge in [0, 0.05) is 6.54 Å². The second kappa shape index (κ2) is 4.80. The lowest BCUT2D eigenvalue weighted by molar-refractivity contribution is 0.176. The number of halogens is 1. The Balaban J connectivity index is 2.26. The number of aromatic nitrogens is 3. The number of hydrogen-bond acceptors (Lipinski definition) is 4. The molecular weight excluding hydrogens is 274 g/mol. The zero-order chi connectivity index (χ0) is 11.5. The molecule has 86 valence electrons. The van der Waals surface area contributed by atoms with Crippen LogP contribution in [0.1, 0.15) is 30.9 Å². The van der Waals surface area contributed by atoms with Crippen LogP contribution in [-0.4, -0.2) is 20.1 Å². The third kappa shape index (κ3) is 2.17. The monoisotopic (exact) mass is 285 g/mol. The van der Waals surface area contributed by atoms with E-state index in [1.807, 2.05) is 6.92 Å². The van der Waals surface area contributed by atoms with Gasteiger partial charge in [-0.25, -0.2) is 4.68 Å².